The molecule has 0 atom stereocenters. The highest BCUT2D eigenvalue weighted by molar-refractivity contribution is 6.03. The molecule has 0 bridgehead atoms. The van der Waals surface area contributed by atoms with Gasteiger partial charge in [0.2, 0.25) is 5.75 Å². The van der Waals surface area contributed by atoms with E-state index in [1.165, 1.54) is 27.6 Å². The van der Waals surface area contributed by atoms with Gasteiger partial charge in [0.05, 0.1) is 27.6 Å². The van der Waals surface area contributed by atoms with Crippen molar-refractivity contribution in [2.75, 3.05) is 26.6 Å². The molecule has 3 aromatic rings. The lowest BCUT2D eigenvalue weighted by molar-refractivity contribution is 0.0993. The minimum Gasteiger partial charge on any atom is -0.493 e. The van der Waals surface area contributed by atoms with Crippen LogP contribution in [0.5, 0.6) is 23.0 Å². The van der Waals surface area contributed by atoms with E-state index < -0.39 is 5.91 Å². The summed E-state index contributed by atoms with van der Waals surface area (Å²) < 4.78 is 27.0. The van der Waals surface area contributed by atoms with E-state index >= 15 is 0 Å². The molecule has 0 aliphatic carbocycles. The van der Waals surface area contributed by atoms with Crippen molar-refractivity contribution in [3.05, 3.63) is 66.1 Å². The zero-order valence-electron chi connectivity index (χ0n) is 15.9. The van der Waals surface area contributed by atoms with Crippen LogP contribution >= 0.6 is 0 Å². The Labute approximate surface area is 162 Å². The van der Waals surface area contributed by atoms with Crippen molar-refractivity contribution in [1.82, 2.24) is 0 Å². The van der Waals surface area contributed by atoms with E-state index in [0.29, 0.717) is 34.2 Å². The Balaban J connectivity index is 1.76. The number of ether oxygens (including phenoxy) is 4. The Morgan fingerprint density at radius 1 is 0.964 bits per heavy atom. The largest absolute Gasteiger partial charge is 0.493 e. The number of benzene rings is 2. The number of methoxy groups -OCH3 is 3. The van der Waals surface area contributed by atoms with Crippen molar-refractivity contribution in [3.63, 3.8) is 0 Å². The number of nitrogens with one attached hydrogen (secondary N) is 1. The van der Waals surface area contributed by atoms with Crippen molar-refractivity contribution in [1.29, 1.82) is 0 Å². The normalized spacial score (nSPS) is 10.2. The van der Waals surface area contributed by atoms with Gasteiger partial charge in [-0.2, -0.15) is 0 Å². The van der Waals surface area contributed by atoms with Crippen LogP contribution in [0.2, 0.25) is 0 Å². The van der Waals surface area contributed by atoms with Gasteiger partial charge in [-0.1, -0.05) is 18.2 Å². The van der Waals surface area contributed by atoms with Crippen molar-refractivity contribution in [3.8, 4) is 23.0 Å². The van der Waals surface area contributed by atoms with Gasteiger partial charge in [0.15, 0.2) is 17.3 Å². The number of amides is 1. The van der Waals surface area contributed by atoms with E-state index in [-0.39, 0.29) is 12.4 Å². The van der Waals surface area contributed by atoms with Gasteiger partial charge in [0.25, 0.3) is 5.91 Å². The molecular formula is C21H21NO6. The quantitative estimate of drug-likeness (QED) is 0.630. The Bertz CT molecular complexity index is 910. The second kappa shape index (κ2) is 8.85. The Hall–Kier alpha value is -3.61. The summed E-state index contributed by atoms with van der Waals surface area (Å²) in [4.78, 5) is 12.7. The topological polar surface area (TPSA) is 79.2 Å². The average molecular weight is 383 g/mol. The van der Waals surface area contributed by atoms with Gasteiger partial charge in [-0.3, -0.25) is 4.79 Å². The van der Waals surface area contributed by atoms with Crippen LogP contribution in [0, 0.1) is 0 Å². The standard InChI is InChI=1S/C21H21NO6/c1-24-17-11-15(12-18(25-2)20(17)26-3)22-21(23)19-14(9-10-27-19)13-28-16-7-5-4-6-8-16/h4-12H,13H2,1-3H3,(H,22,23). The Kier molecular flexibility index (Phi) is 6.06. The van der Waals surface area contributed by atoms with Gasteiger partial charge in [-0.25, -0.2) is 0 Å². The maximum atomic E-state index is 12.7. The summed E-state index contributed by atoms with van der Waals surface area (Å²) in [6.45, 7) is 0.207. The van der Waals surface area contributed by atoms with Gasteiger partial charge in [0, 0.05) is 23.4 Å². The minimum atomic E-state index is -0.411. The summed E-state index contributed by atoms with van der Waals surface area (Å²) in [6.07, 6.45) is 1.45. The fourth-order valence-corrected chi connectivity index (χ4v) is 2.67. The van der Waals surface area contributed by atoms with Crippen LogP contribution in [-0.2, 0) is 6.61 Å². The lowest BCUT2D eigenvalue weighted by Crippen LogP contribution is -2.14. The number of rotatable bonds is 8. The third-order valence-corrected chi connectivity index (χ3v) is 4.01. The lowest BCUT2D eigenvalue weighted by atomic mass is 10.2. The molecule has 7 heteroatoms. The van der Waals surface area contributed by atoms with Gasteiger partial charge < -0.3 is 28.7 Å². The van der Waals surface area contributed by atoms with Crippen LogP contribution < -0.4 is 24.3 Å². The number of para-hydroxylation sites is 1. The number of carbonyl (C=O) groups is 1. The van der Waals surface area contributed by atoms with Crippen LogP contribution in [0.3, 0.4) is 0 Å². The third-order valence-electron chi connectivity index (χ3n) is 4.01. The van der Waals surface area contributed by atoms with E-state index in [0.717, 1.165) is 0 Å². The molecule has 28 heavy (non-hydrogen) atoms. The number of carbonyl (C=O) groups excluding carboxylic acids is 1. The second-order valence-electron chi connectivity index (χ2n) is 5.74. The summed E-state index contributed by atoms with van der Waals surface area (Å²) in [7, 11) is 4.53. The van der Waals surface area contributed by atoms with Gasteiger partial charge in [0.1, 0.15) is 12.4 Å². The molecular weight excluding hydrogens is 362 g/mol. The predicted molar refractivity (Wildman–Crippen MR) is 104 cm³/mol. The molecule has 146 valence electrons. The van der Waals surface area contributed by atoms with Crippen LogP contribution in [0.1, 0.15) is 16.1 Å². The first-order chi connectivity index (χ1) is 13.7. The summed E-state index contributed by atoms with van der Waals surface area (Å²) in [5, 5.41) is 2.78. The fraction of sp³-hybridized carbons (Fsp3) is 0.190. The zero-order chi connectivity index (χ0) is 19.9. The molecule has 7 nitrogen and oxygen atoms in total. The van der Waals surface area contributed by atoms with Crippen LogP contribution in [0.15, 0.2) is 59.2 Å². The van der Waals surface area contributed by atoms with Crippen molar-refractivity contribution in [2.45, 2.75) is 6.61 Å². The first-order valence-corrected chi connectivity index (χ1v) is 8.51. The molecule has 0 saturated carbocycles. The number of hydrogen-bond acceptors (Lipinski definition) is 6. The SMILES string of the molecule is COc1cc(NC(=O)c2occc2COc2ccccc2)cc(OC)c1OC. The highest BCUT2D eigenvalue weighted by atomic mass is 16.5. The third kappa shape index (κ3) is 4.20. The summed E-state index contributed by atoms with van der Waals surface area (Å²) in [5.74, 6) is 1.78. The van der Waals surface area contributed by atoms with E-state index in [1.54, 1.807) is 18.2 Å². The minimum absolute atomic E-state index is 0.171. The van der Waals surface area contributed by atoms with Crippen LogP contribution in [-0.4, -0.2) is 27.2 Å². The van der Waals surface area contributed by atoms with E-state index in [9.17, 15) is 4.79 Å². The zero-order valence-corrected chi connectivity index (χ0v) is 15.9. The summed E-state index contributed by atoms with van der Waals surface area (Å²) >= 11 is 0. The molecule has 0 unspecified atom stereocenters. The first kappa shape index (κ1) is 19.2. The summed E-state index contributed by atoms with van der Waals surface area (Å²) in [6, 6.07) is 14.3. The van der Waals surface area contributed by atoms with E-state index in [2.05, 4.69) is 5.32 Å². The van der Waals surface area contributed by atoms with Crippen molar-refractivity contribution < 1.29 is 28.2 Å². The van der Waals surface area contributed by atoms with Gasteiger partial charge in [-0.15, -0.1) is 0 Å². The molecule has 1 amide bonds. The smallest absolute Gasteiger partial charge is 0.291 e. The highest BCUT2D eigenvalue weighted by Crippen LogP contribution is 2.40. The van der Waals surface area contributed by atoms with Gasteiger partial charge >= 0.3 is 0 Å². The molecule has 0 aliphatic heterocycles. The van der Waals surface area contributed by atoms with Crippen LogP contribution in [0.4, 0.5) is 5.69 Å². The van der Waals surface area contributed by atoms with Crippen molar-refractivity contribution >= 4 is 11.6 Å². The molecule has 1 heterocycles. The summed E-state index contributed by atoms with van der Waals surface area (Å²) in [5.41, 5.74) is 1.11. The predicted octanol–water partition coefficient (Wildman–Crippen LogP) is 4.14. The van der Waals surface area contributed by atoms with Crippen molar-refractivity contribution in [2.24, 2.45) is 0 Å². The number of anilines is 1. The molecule has 3 rings (SSSR count). The molecule has 0 aliphatic rings. The molecule has 1 aromatic heterocycles. The number of hydrogen-bond donors (Lipinski definition) is 1. The maximum absolute atomic E-state index is 12.7. The molecule has 0 spiro atoms. The van der Waals surface area contributed by atoms with Crippen LogP contribution in [0.25, 0.3) is 0 Å². The molecule has 0 radical (unpaired) electrons. The number of furan rings is 1. The second-order valence-corrected chi connectivity index (χ2v) is 5.74. The maximum Gasteiger partial charge on any atom is 0.291 e. The Morgan fingerprint density at radius 3 is 2.25 bits per heavy atom. The Morgan fingerprint density at radius 2 is 1.64 bits per heavy atom. The first-order valence-electron chi connectivity index (χ1n) is 8.51. The highest BCUT2D eigenvalue weighted by Gasteiger charge is 2.19. The monoisotopic (exact) mass is 383 g/mol. The molecule has 1 N–H and O–H groups in total. The molecule has 2 aromatic carbocycles. The lowest BCUT2D eigenvalue weighted by Gasteiger charge is -2.14. The van der Waals surface area contributed by atoms with E-state index in [1.807, 2.05) is 30.3 Å². The molecule has 0 saturated heterocycles. The van der Waals surface area contributed by atoms with Gasteiger partial charge in [-0.05, 0) is 18.2 Å². The molecule has 0 fully saturated rings. The fourth-order valence-electron chi connectivity index (χ4n) is 2.67. The average Bonchev–Trinajstić information content (AvgIpc) is 3.21. The van der Waals surface area contributed by atoms with E-state index in [4.69, 9.17) is 23.4 Å².